The maximum absolute atomic E-state index is 13.5. The van der Waals surface area contributed by atoms with Crippen molar-refractivity contribution < 1.29 is 18.1 Å². The van der Waals surface area contributed by atoms with Gasteiger partial charge < -0.3 is 13.8 Å². The molecule has 1 aliphatic heterocycles. The molecule has 5 rings (SSSR count). The highest BCUT2D eigenvalue weighted by Gasteiger charge is 2.29. The van der Waals surface area contributed by atoms with Gasteiger partial charge in [-0.1, -0.05) is 29.4 Å². The normalized spacial score (nSPS) is 16.7. The Kier molecular flexibility index (Phi) is 4.85. The quantitative estimate of drug-likeness (QED) is 0.501. The predicted molar refractivity (Wildman–Crippen MR) is 109 cm³/mol. The average Bonchev–Trinajstić information content (AvgIpc) is 3.39. The number of fused-ring (bicyclic) bond motifs is 1. The number of halogens is 1. The number of likely N-dealkylation sites (tertiary alicyclic amines) is 1. The minimum absolute atomic E-state index is 0.0963. The molecule has 9 heteroatoms. The van der Waals surface area contributed by atoms with E-state index in [0.29, 0.717) is 41.5 Å². The number of oxazole rings is 1. The second-order valence-electron chi connectivity index (χ2n) is 7.57. The number of para-hydroxylation sites is 2. The first-order valence-electron chi connectivity index (χ1n) is 10.0. The summed E-state index contributed by atoms with van der Waals surface area (Å²) in [6, 6.07) is 13.0. The molecule has 0 aliphatic carbocycles. The van der Waals surface area contributed by atoms with Crippen molar-refractivity contribution in [2.45, 2.75) is 25.3 Å². The van der Waals surface area contributed by atoms with E-state index in [4.69, 9.17) is 8.94 Å². The first-order chi connectivity index (χ1) is 15.1. The molecule has 2 aromatic heterocycles. The van der Waals surface area contributed by atoms with Crippen LogP contribution in [0.25, 0.3) is 22.5 Å². The summed E-state index contributed by atoms with van der Waals surface area (Å²) in [7, 11) is 0. The van der Waals surface area contributed by atoms with Gasteiger partial charge in [-0.05, 0) is 37.1 Å². The maximum Gasteiger partial charge on any atom is 0.420 e. The molecule has 8 nitrogen and oxygen atoms in total. The largest absolute Gasteiger partial charge is 0.420 e. The topological polar surface area (TPSA) is 94.4 Å². The Bertz CT molecular complexity index is 1310. The predicted octanol–water partition coefficient (Wildman–Crippen LogP) is 3.19. The summed E-state index contributed by atoms with van der Waals surface area (Å²) >= 11 is 0. The minimum Gasteiger partial charge on any atom is -0.408 e. The van der Waals surface area contributed by atoms with Crippen molar-refractivity contribution >= 4 is 17.0 Å². The van der Waals surface area contributed by atoms with Crippen LogP contribution in [0.3, 0.4) is 0 Å². The van der Waals surface area contributed by atoms with E-state index in [0.717, 1.165) is 12.8 Å². The van der Waals surface area contributed by atoms with Gasteiger partial charge in [-0.2, -0.15) is 4.98 Å². The Balaban J connectivity index is 1.32. The van der Waals surface area contributed by atoms with E-state index < -0.39 is 5.76 Å². The summed E-state index contributed by atoms with van der Waals surface area (Å²) in [5.41, 5.74) is 1.57. The first kappa shape index (κ1) is 19.2. The highest BCUT2D eigenvalue weighted by molar-refractivity contribution is 5.79. The van der Waals surface area contributed by atoms with Crippen molar-refractivity contribution in [2.24, 2.45) is 0 Å². The Hall–Kier alpha value is -3.75. The van der Waals surface area contributed by atoms with Crippen LogP contribution in [0.4, 0.5) is 4.39 Å². The molecule has 4 aromatic rings. The third kappa shape index (κ3) is 3.74. The van der Waals surface area contributed by atoms with Gasteiger partial charge in [0.25, 0.3) is 0 Å². The number of carbonyl (C=O) groups excluding carboxylic acids is 1. The van der Waals surface area contributed by atoms with Crippen molar-refractivity contribution in [2.75, 3.05) is 13.1 Å². The molecule has 2 aromatic carbocycles. The standard InChI is InChI=1S/C22H19FN4O4/c23-16-7-3-5-14(11-16)20-24-21(31-25-20)15-6-4-10-26(12-15)19(28)13-27-17-8-1-2-9-18(17)30-22(27)29/h1-3,5,7-9,11,15H,4,6,10,12-13H2. The summed E-state index contributed by atoms with van der Waals surface area (Å²) in [5.74, 6) is -0.495. The number of aromatic nitrogens is 3. The van der Waals surface area contributed by atoms with E-state index >= 15 is 0 Å². The van der Waals surface area contributed by atoms with Crippen molar-refractivity contribution in [1.29, 1.82) is 0 Å². The van der Waals surface area contributed by atoms with E-state index in [9.17, 15) is 14.0 Å². The lowest BCUT2D eigenvalue weighted by atomic mass is 9.98. The fourth-order valence-corrected chi connectivity index (χ4v) is 3.95. The van der Waals surface area contributed by atoms with E-state index in [2.05, 4.69) is 10.1 Å². The van der Waals surface area contributed by atoms with Crippen LogP contribution in [0.5, 0.6) is 0 Å². The van der Waals surface area contributed by atoms with Crippen molar-refractivity contribution in [3.8, 4) is 11.4 Å². The molecule has 0 bridgehead atoms. The number of nitrogens with zero attached hydrogens (tertiary/aromatic N) is 4. The summed E-state index contributed by atoms with van der Waals surface area (Å²) < 4.78 is 25.4. The number of piperidine rings is 1. The second-order valence-corrected chi connectivity index (χ2v) is 7.57. The molecule has 1 amide bonds. The summed E-state index contributed by atoms with van der Waals surface area (Å²) in [5, 5.41) is 3.97. The van der Waals surface area contributed by atoms with Gasteiger partial charge in [-0.15, -0.1) is 0 Å². The van der Waals surface area contributed by atoms with Gasteiger partial charge in [0.2, 0.25) is 17.6 Å². The molecule has 3 heterocycles. The molecule has 0 radical (unpaired) electrons. The first-order valence-corrected chi connectivity index (χ1v) is 10.0. The van der Waals surface area contributed by atoms with Crippen LogP contribution >= 0.6 is 0 Å². The van der Waals surface area contributed by atoms with Crippen LogP contribution in [0.1, 0.15) is 24.7 Å². The molecule has 31 heavy (non-hydrogen) atoms. The van der Waals surface area contributed by atoms with Gasteiger partial charge in [0.1, 0.15) is 12.4 Å². The van der Waals surface area contributed by atoms with Gasteiger partial charge in [0, 0.05) is 18.7 Å². The van der Waals surface area contributed by atoms with Crippen LogP contribution in [-0.2, 0) is 11.3 Å². The number of carbonyl (C=O) groups is 1. The lowest BCUT2D eigenvalue weighted by Gasteiger charge is -2.31. The van der Waals surface area contributed by atoms with Crippen LogP contribution in [0, 0.1) is 5.82 Å². The lowest BCUT2D eigenvalue weighted by Crippen LogP contribution is -2.41. The highest BCUT2D eigenvalue weighted by atomic mass is 19.1. The van der Waals surface area contributed by atoms with Crippen molar-refractivity contribution in [3.05, 3.63) is 70.8 Å². The zero-order valence-electron chi connectivity index (χ0n) is 16.5. The van der Waals surface area contributed by atoms with E-state index in [1.165, 1.54) is 16.7 Å². The molecule has 1 aliphatic rings. The number of rotatable bonds is 4. The molecular weight excluding hydrogens is 403 g/mol. The van der Waals surface area contributed by atoms with E-state index in [-0.39, 0.29) is 24.2 Å². The van der Waals surface area contributed by atoms with Gasteiger partial charge >= 0.3 is 5.76 Å². The van der Waals surface area contributed by atoms with E-state index in [1.54, 1.807) is 41.3 Å². The molecule has 1 fully saturated rings. The Morgan fingerprint density at radius 2 is 2.06 bits per heavy atom. The van der Waals surface area contributed by atoms with Crippen molar-refractivity contribution in [1.82, 2.24) is 19.6 Å². The lowest BCUT2D eigenvalue weighted by molar-refractivity contribution is -0.133. The van der Waals surface area contributed by atoms with E-state index in [1.807, 2.05) is 0 Å². The van der Waals surface area contributed by atoms with Crippen LogP contribution in [-0.4, -0.2) is 38.6 Å². The average molecular weight is 422 g/mol. The third-order valence-electron chi connectivity index (χ3n) is 5.51. The number of amides is 1. The van der Waals surface area contributed by atoms with Crippen molar-refractivity contribution in [3.63, 3.8) is 0 Å². The molecule has 1 saturated heterocycles. The molecule has 1 unspecified atom stereocenters. The molecule has 158 valence electrons. The zero-order chi connectivity index (χ0) is 21.4. The van der Waals surface area contributed by atoms with Gasteiger partial charge in [0.05, 0.1) is 11.4 Å². The fraction of sp³-hybridized carbons (Fsp3) is 0.273. The SMILES string of the molecule is O=C(Cn1c(=O)oc2ccccc21)N1CCCC(c2nc(-c3cccc(F)c3)no2)C1. The minimum atomic E-state index is -0.556. The second kappa shape index (κ2) is 7.82. The monoisotopic (exact) mass is 422 g/mol. The molecule has 0 N–H and O–H groups in total. The smallest absolute Gasteiger partial charge is 0.408 e. The van der Waals surface area contributed by atoms with Gasteiger partial charge in [-0.25, -0.2) is 9.18 Å². The fourth-order valence-electron chi connectivity index (χ4n) is 3.95. The van der Waals surface area contributed by atoms with Gasteiger partial charge in [-0.3, -0.25) is 9.36 Å². The summed E-state index contributed by atoms with van der Waals surface area (Å²) in [6.07, 6.45) is 1.57. The zero-order valence-corrected chi connectivity index (χ0v) is 16.5. The Labute approximate surface area is 175 Å². The number of hydrogen-bond donors (Lipinski definition) is 0. The van der Waals surface area contributed by atoms with Crippen LogP contribution < -0.4 is 5.76 Å². The van der Waals surface area contributed by atoms with Crippen LogP contribution in [0.2, 0.25) is 0 Å². The molecule has 1 atom stereocenters. The summed E-state index contributed by atoms with van der Waals surface area (Å²) in [6.45, 7) is 0.903. The maximum atomic E-state index is 13.5. The Morgan fingerprint density at radius 1 is 1.19 bits per heavy atom. The van der Waals surface area contributed by atoms with Crippen LogP contribution in [0.15, 0.2) is 62.3 Å². The summed E-state index contributed by atoms with van der Waals surface area (Å²) in [4.78, 5) is 31.2. The Morgan fingerprint density at radius 3 is 2.94 bits per heavy atom. The molecule has 0 saturated carbocycles. The number of benzene rings is 2. The van der Waals surface area contributed by atoms with Gasteiger partial charge in [0.15, 0.2) is 5.58 Å². The third-order valence-corrected chi connectivity index (χ3v) is 5.51. The molecular formula is C22H19FN4O4. The number of hydrogen-bond acceptors (Lipinski definition) is 6. The highest BCUT2D eigenvalue weighted by Crippen LogP contribution is 2.28. The molecule has 0 spiro atoms.